The van der Waals surface area contributed by atoms with Gasteiger partial charge in [-0.1, -0.05) is 26.0 Å². The first-order valence-corrected chi connectivity index (χ1v) is 15.4. The molecule has 0 N–H and O–H groups in total. The van der Waals surface area contributed by atoms with Gasteiger partial charge in [-0.25, -0.2) is 9.78 Å². The molecule has 1 aliphatic rings. The second kappa shape index (κ2) is 14.5. The number of aromatic nitrogens is 1. The highest BCUT2D eigenvalue weighted by molar-refractivity contribution is 7.98. The third kappa shape index (κ3) is 8.94. The summed E-state index contributed by atoms with van der Waals surface area (Å²) in [5, 5.41) is 0.642. The number of thioether (sulfide) groups is 1. The summed E-state index contributed by atoms with van der Waals surface area (Å²) in [6.07, 6.45) is -1.80. The van der Waals surface area contributed by atoms with E-state index in [4.69, 9.17) is 23.9 Å². The van der Waals surface area contributed by atoms with Crippen molar-refractivity contribution in [1.82, 2.24) is 4.98 Å². The summed E-state index contributed by atoms with van der Waals surface area (Å²) in [7, 11) is 0. The summed E-state index contributed by atoms with van der Waals surface area (Å²) < 4.78 is 61.6. The molecule has 1 unspecified atom stereocenters. The van der Waals surface area contributed by atoms with Crippen LogP contribution in [0.15, 0.2) is 47.4 Å². The Bertz CT molecular complexity index is 1290. The van der Waals surface area contributed by atoms with Crippen LogP contribution in [0.5, 0.6) is 5.75 Å². The number of rotatable bonds is 12. The van der Waals surface area contributed by atoms with Crippen LogP contribution in [0, 0.1) is 0 Å². The molecule has 1 atom stereocenters. The first kappa shape index (κ1) is 31.3. The molecule has 1 fully saturated rings. The maximum Gasteiger partial charge on any atom is 0.416 e. The van der Waals surface area contributed by atoms with Gasteiger partial charge in [-0.15, -0.1) is 23.1 Å². The Kier molecular flexibility index (Phi) is 11.1. The highest BCUT2D eigenvalue weighted by atomic mass is 32.2. The molecule has 0 radical (unpaired) electrons. The largest absolute Gasteiger partial charge is 0.482 e. The van der Waals surface area contributed by atoms with Crippen molar-refractivity contribution < 1.29 is 36.9 Å². The molecule has 2 aromatic carbocycles. The number of carbonyl (C=O) groups is 1. The van der Waals surface area contributed by atoms with Gasteiger partial charge in [0.1, 0.15) is 10.8 Å². The molecule has 0 spiro atoms. The molecule has 222 valence electrons. The summed E-state index contributed by atoms with van der Waals surface area (Å²) in [5.74, 6) is 0.995. The van der Waals surface area contributed by atoms with Crippen molar-refractivity contribution in [3.05, 3.63) is 64.2 Å². The lowest BCUT2D eigenvalue weighted by atomic mass is 10.0. The minimum absolute atomic E-state index is 0.151. The number of nitrogens with zero attached hydrogens (tertiary/aromatic N) is 1. The lowest BCUT2D eigenvalue weighted by molar-refractivity contribution is -0.169. The maximum absolute atomic E-state index is 13.1. The minimum atomic E-state index is -4.39. The summed E-state index contributed by atoms with van der Waals surface area (Å²) in [6.45, 7) is 6.94. The third-order valence-corrected chi connectivity index (χ3v) is 8.76. The number of hydrogen-bond acceptors (Lipinski definition) is 8. The van der Waals surface area contributed by atoms with Gasteiger partial charge in [-0.05, 0) is 68.0 Å². The van der Waals surface area contributed by atoms with E-state index in [-0.39, 0.29) is 25.4 Å². The Morgan fingerprint density at radius 2 is 1.95 bits per heavy atom. The molecular weight excluding hydrogens is 575 g/mol. The van der Waals surface area contributed by atoms with Gasteiger partial charge in [-0.2, -0.15) is 13.2 Å². The number of hydrogen-bond donors (Lipinski definition) is 0. The molecule has 0 saturated carbocycles. The molecule has 6 nitrogen and oxygen atoms in total. The summed E-state index contributed by atoms with van der Waals surface area (Å²) in [6, 6.07) is 10.9. The van der Waals surface area contributed by atoms with E-state index < -0.39 is 17.7 Å². The quantitative estimate of drug-likeness (QED) is 0.151. The molecule has 1 aliphatic heterocycles. The van der Waals surface area contributed by atoms with E-state index in [1.165, 1.54) is 23.5 Å². The topological polar surface area (TPSA) is 66.9 Å². The molecule has 0 bridgehead atoms. The second-order valence-corrected chi connectivity index (χ2v) is 11.9. The maximum atomic E-state index is 13.1. The van der Waals surface area contributed by atoms with Crippen LogP contribution >= 0.6 is 23.1 Å². The zero-order valence-corrected chi connectivity index (χ0v) is 24.9. The van der Waals surface area contributed by atoms with Gasteiger partial charge in [-0.3, -0.25) is 0 Å². The first-order chi connectivity index (χ1) is 19.6. The van der Waals surface area contributed by atoms with Crippen molar-refractivity contribution in [2.75, 3.05) is 19.8 Å². The van der Waals surface area contributed by atoms with Crippen molar-refractivity contribution >= 4 is 29.1 Å². The van der Waals surface area contributed by atoms with Crippen LogP contribution < -0.4 is 4.74 Å². The van der Waals surface area contributed by atoms with Gasteiger partial charge in [0.15, 0.2) is 12.9 Å². The fraction of sp³-hybridized carbons (Fsp3) is 0.467. The molecule has 1 aromatic heterocycles. The van der Waals surface area contributed by atoms with Gasteiger partial charge < -0.3 is 18.9 Å². The van der Waals surface area contributed by atoms with Crippen LogP contribution in [0.3, 0.4) is 0 Å². The SMILES string of the molecule is CCOC(=O)COc1ccc(SCc2sc(-c3ccc(C(F)(F)F)cc3)nc2COC2CCCCO2)cc1C(C)C. The van der Waals surface area contributed by atoms with Crippen LogP contribution in [0.2, 0.25) is 0 Å². The summed E-state index contributed by atoms with van der Waals surface area (Å²) in [4.78, 5) is 18.5. The smallest absolute Gasteiger partial charge is 0.416 e. The van der Waals surface area contributed by atoms with Crippen molar-refractivity contribution in [1.29, 1.82) is 0 Å². The fourth-order valence-corrected chi connectivity index (χ4v) is 6.35. The number of carbonyl (C=O) groups excluding carboxylic acids is 1. The highest BCUT2D eigenvalue weighted by Crippen LogP contribution is 2.37. The van der Waals surface area contributed by atoms with Gasteiger partial charge >= 0.3 is 12.1 Å². The van der Waals surface area contributed by atoms with Crippen molar-refractivity contribution in [2.24, 2.45) is 0 Å². The Balaban J connectivity index is 1.51. The monoisotopic (exact) mass is 609 g/mol. The van der Waals surface area contributed by atoms with E-state index in [1.54, 1.807) is 18.7 Å². The standard InChI is InChI=1S/C30H34F3NO5S2/c1-4-36-27(35)17-38-25-13-12-22(15-23(25)19(2)3)40-18-26-24(16-39-28-7-5-6-14-37-28)34-29(41-26)20-8-10-21(11-9-20)30(31,32)33/h8-13,15,19,28H,4-7,14,16-18H2,1-3H3. The second-order valence-electron chi connectivity index (χ2n) is 9.81. The molecule has 0 aliphatic carbocycles. The van der Waals surface area contributed by atoms with E-state index in [0.717, 1.165) is 52.4 Å². The summed E-state index contributed by atoms with van der Waals surface area (Å²) in [5.41, 5.74) is 1.67. The van der Waals surface area contributed by atoms with Crippen LogP contribution in [0.4, 0.5) is 13.2 Å². The number of ether oxygens (including phenoxy) is 4. The van der Waals surface area contributed by atoms with Crippen LogP contribution in [0.1, 0.15) is 67.6 Å². The molecule has 0 amide bonds. The number of esters is 1. The van der Waals surface area contributed by atoms with Crippen molar-refractivity contribution in [3.8, 4) is 16.3 Å². The van der Waals surface area contributed by atoms with E-state index in [9.17, 15) is 18.0 Å². The average molecular weight is 610 g/mol. The van der Waals surface area contributed by atoms with Crippen molar-refractivity contribution in [3.63, 3.8) is 0 Å². The molecular formula is C30H34F3NO5S2. The molecule has 2 heterocycles. The molecule has 1 saturated heterocycles. The fourth-order valence-electron chi connectivity index (χ4n) is 4.24. The third-order valence-electron chi connectivity index (χ3n) is 6.41. The van der Waals surface area contributed by atoms with Gasteiger partial charge in [0.2, 0.25) is 0 Å². The van der Waals surface area contributed by atoms with E-state index >= 15 is 0 Å². The zero-order valence-electron chi connectivity index (χ0n) is 23.3. The predicted molar refractivity (Wildman–Crippen MR) is 153 cm³/mol. The molecule has 41 heavy (non-hydrogen) atoms. The Morgan fingerprint density at radius 1 is 1.17 bits per heavy atom. The number of thiazole rings is 1. The van der Waals surface area contributed by atoms with Gasteiger partial charge in [0.05, 0.1) is 24.5 Å². The number of benzene rings is 2. The number of alkyl halides is 3. The Labute approximate surface area is 246 Å². The molecule has 3 aromatic rings. The average Bonchev–Trinajstić information content (AvgIpc) is 3.37. The van der Waals surface area contributed by atoms with E-state index in [0.29, 0.717) is 35.3 Å². The Morgan fingerprint density at radius 3 is 2.61 bits per heavy atom. The van der Waals surface area contributed by atoms with Crippen LogP contribution in [-0.4, -0.2) is 37.1 Å². The van der Waals surface area contributed by atoms with Gasteiger partial charge in [0, 0.05) is 27.7 Å². The lowest BCUT2D eigenvalue weighted by Crippen LogP contribution is -2.22. The molecule has 4 rings (SSSR count). The van der Waals surface area contributed by atoms with Crippen LogP contribution in [-0.2, 0) is 37.5 Å². The minimum Gasteiger partial charge on any atom is -0.482 e. The predicted octanol–water partition coefficient (Wildman–Crippen LogP) is 8.23. The normalized spacial score (nSPS) is 15.7. The van der Waals surface area contributed by atoms with Gasteiger partial charge in [0.25, 0.3) is 0 Å². The number of halogens is 3. The van der Waals surface area contributed by atoms with Crippen LogP contribution in [0.25, 0.3) is 10.6 Å². The Hall–Kier alpha value is -2.60. The first-order valence-electron chi connectivity index (χ1n) is 13.6. The zero-order chi connectivity index (χ0) is 29.4. The summed E-state index contributed by atoms with van der Waals surface area (Å²) >= 11 is 3.08. The van der Waals surface area contributed by atoms with E-state index in [1.807, 2.05) is 12.1 Å². The highest BCUT2D eigenvalue weighted by Gasteiger charge is 2.30. The lowest BCUT2D eigenvalue weighted by Gasteiger charge is -2.22. The molecule has 11 heteroatoms. The van der Waals surface area contributed by atoms with Crippen molar-refractivity contribution in [2.45, 2.75) is 75.7 Å². The van der Waals surface area contributed by atoms with E-state index in [2.05, 4.69) is 19.9 Å².